The number of nitrogens with one attached hydrogen (secondary N) is 1. The quantitative estimate of drug-likeness (QED) is 0.560. The molecule has 1 fully saturated rings. The number of rotatable bonds is 6. The molecule has 1 aliphatic heterocycles. The van der Waals surface area contributed by atoms with Crippen molar-refractivity contribution in [2.75, 3.05) is 18.2 Å². The van der Waals surface area contributed by atoms with E-state index in [2.05, 4.69) is 21.4 Å². The predicted octanol–water partition coefficient (Wildman–Crippen LogP) is 3.71. The molecule has 0 unspecified atom stereocenters. The van der Waals surface area contributed by atoms with Gasteiger partial charge >= 0.3 is 0 Å². The van der Waals surface area contributed by atoms with Crippen molar-refractivity contribution in [3.8, 4) is 11.5 Å². The van der Waals surface area contributed by atoms with Crippen LogP contribution in [0.2, 0.25) is 0 Å². The molecule has 3 rings (SSSR count). The molecule has 0 atom stereocenters. The van der Waals surface area contributed by atoms with Crippen LogP contribution in [-0.4, -0.2) is 25.0 Å². The molecule has 7 heteroatoms. The average Bonchev–Trinajstić information content (AvgIpc) is 2.92. The SMILES string of the molecule is CCOc1ccc(C=C2C(=O)NN(c3cccc(Br)c3)C2=O)cc1OCC. The van der Waals surface area contributed by atoms with Crippen LogP contribution in [0.4, 0.5) is 5.69 Å². The molecule has 1 N–H and O–H groups in total. The third kappa shape index (κ3) is 4.14. The van der Waals surface area contributed by atoms with Gasteiger partial charge in [-0.2, -0.15) is 0 Å². The number of anilines is 1. The molecule has 1 aliphatic rings. The standard InChI is InChI=1S/C20H19BrN2O4/c1-3-26-17-9-8-13(11-18(17)27-4-2)10-16-19(24)22-23(20(16)25)15-7-5-6-14(21)12-15/h5-12H,3-4H2,1-2H3,(H,22,24). The molecule has 2 amide bonds. The lowest BCUT2D eigenvalue weighted by Crippen LogP contribution is -2.35. The van der Waals surface area contributed by atoms with Crippen LogP contribution in [0.15, 0.2) is 52.5 Å². The Balaban J connectivity index is 1.91. The summed E-state index contributed by atoms with van der Waals surface area (Å²) in [5, 5.41) is 1.23. The van der Waals surface area contributed by atoms with E-state index in [1.54, 1.807) is 42.5 Å². The van der Waals surface area contributed by atoms with Gasteiger partial charge in [0, 0.05) is 4.47 Å². The average molecular weight is 431 g/mol. The van der Waals surface area contributed by atoms with E-state index in [9.17, 15) is 9.59 Å². The molecule has 0 saturated carbocycles. The molecule has 2 aromatic carbocycles. The highest BCUT2D eigenvalue weighted by atomic mass is 79.9. The molecule has 0 radical (unpaired) electrons. The zero-order valence-electron chi connectivity index (χ0n) is 15.0. The number of ether oxygens (including phenoxy) is 2. The zero-order valence-corrected chi connectivity index (χ0v) is 16.6. The van der Waals surface area contributed by atoms with Crippen molar-refractivity contribution in [2.45, 2.75) is 13.8 Å². The molecule has 1 heterocycles. The summed E-state index contributed by atoms with van der Waals surface area (Å²) in [6, 6.07) is 12.4. The lowest BCUT2D eigenvalue weighted by atomic mass is 10.1. The minimum Gasteiger partial charge on any atom is -0.490 e. The Morgan fingerprint density at radius 1 is 1.04 bits per heavy atom. The van der Waals surface area contributed by atoms with E-state index in [1.165, 1.54) is 5.01 Å². The highest BCUT2D eigenvalue weighted by molar-refractivity contribution is 9.10. The second kappa shape index (κ2) is 8.26. The fraction of sp³-hybridized carbons (Fsp3) is 0.200. The van der Waals surface area contributed by atoms with Gasteiger partial charge in [0.25, 0.3) is 11.8 Å². The number of halogens is 1. The maximum absolute atomic E-state index is 12.7. The van der Waals surface area contributed by atoms with Gasteiger partial charge in [0.2, 0.25) is 0 Å². The van der Waals surface area contributed by atoms with Crippen molar-refractivity contribution in [1.29, 1.82) is 0 Å². The number of carbonyl (C=O) groups excluding carboxylic acids is 2. The molecule has 0 aliphatic carbocycles. The van der Waals surface area contributed by atoms with Gasteiger partial charge in [-0.05, 0) is 55.8 Å². The number of hydrogen-bond acceptors (Lipinski definition) is 4. The summed E-state index contributed by atoms with van der Waals surface area (Å²) in [5.74, 6) is 0.333. The third-order valence-corrected chi connectivity index (χ3v) is 4.33. The Labute approximate surface area is 165 Å². The molecule has 1 saturated heterocycles. The first kappa shape index (κ1) is 19.0. The van der Waals surface area contributed by atoms with Gasteiger partial charge in [0.05, 0.1) is 18.9 Å². The Morgan fingerprint density at radius 3 is 2.48 bits per heavy atom. The first-order chi connectivity index (χ1) is 13.0. The summed E-state index contributed by atoms with van der Waals surface area (Å²) in [7, 11) is 0. The van der Waals surface area contributed by atoms with E-state index < -0.39 is 11.8 Å². The maximum Gasteiger partial charge on any atom is 0.282 e. The second-order valence-electron chi connectivity index (χ2n) is 5.69. The topological polar surface area (TPSA) is 67.9 Å². The maximum atomic E-state index is 12.7. The molecule has 0 aromatic heterocycles. The summed E-state index contributed by atoms with van der Waals surface area (Å²) in [4.78, 5) is 25.0. The minimum absolute atomic E-state index is 0.0570. The van der Waals surface area contributed by atoms with E-state index in [0.29, 0.717) is 36.0 Å². The third-order valence-electron chi connectivity index (χ3n) is 3.84. The summed E-state index contributed by atoms with van der Waals surface area (Å²) in [6.07, 6.45) is 1.55. The van der Waals surface area contributed by atoms with Gasteiger partial charge < -0.3 is 9.47 Å². The lowest BCUT2D eigenvalue weighted by Gasteiger charge is -2.14. The van der Waals surface area contributed by atoms with Crippen molar-refractivity contribution in [2.24, 2.45) is 0 Å². The Morgan fingerprint density at radius 2 is 1.78 bits per heavy atom. The van der Waals surface area contributed by atoms with Crippen LogP contribution in [0.5, 0.6) is 11.5 Å². The summed E-state index contributed by atoms with van der Waals surface area (Å²) < 4.78 is 11.9. The molecule has 6 nitrogen and oxygen atoms in total. The van der Waals surface area contributed by atoms with Crippen molar-refractivity contribution in [3.63, 3.8) is 0 Å². The van der Waals surface area contributed by atoms with Gasteiger partial charge in [0.1, 0.15) is 5.57 Å². The largest absolute Gasteiger partial charge is 0.490 e. The summed E-state index contributed by atoms with van der Waals surface area (Å²) in [6.45, 7) is 4.77. The van der Waals surface area contributed by atoms with E-state index in [1.807, 2.05) is 19.9 Å². The van der Waals surface area contributed by atoms with Crippen LogP contribution in [0, 0.1) is 0 Å². The first-order valence-electron chi connectivity index (χ1n) is 8.55. The van der Waals surface area contributed by atoms with Crippen molar-refractivity contribution in [1.82, 2.24) is 5.43 Å². The summed E-state index contributed by atoms with van der Waals surface area (Å²) >= 11 is 3.36. The van der Waals surface area contributed by atoms with E-state index in [-0.39, 0.29) is 5.57 Å². The molecule has 0 spiro atoms. The number of hydrogen-bond donors (Lipinski definition) is 1. The number of nitrogens with zero attached hydrogens (tertiary/aromatic N) is 1. The van der Waals surface area contributed by atoms with Gasteiger partial charge in [-0.3, -0.25) is 15.0 Å². The first-order valence-corrected chi connectivity index (χ1v) is 9.35. The van der Waals surface area contributed by atoms with E-state index in [4.69, 9.17) is 9.47 Å². The Bertz CT molecular complexity index is 911. The monoisotopic (exact) mass is 430 g/mol. The smallest absolute Gasteiger partial charge is 0.282 e. The lowest BCUT2D eigenvalue weighted by molar-refractivity contribution is -0.117. The fourth-order valence-corrected chi connectivity index (χ4v) is 3.07. The van der Waals surface area contributed by atoms with E-state index >= 15 is 0 Å². The Hall–Kier alpha value is -2.80. The normalized spacial score (nSPS) is 15.2. The van der Waals surface area contributed by atoms with Crippen LogP contribution in [0.3, 0.4) is 0 Å². The highest BCUT2D eigenvalue weighted by Gasteiger charge is 2.34. The predicted molar refractivity (Wildman–Crippen MR) is 107 cm³/mol. The van der Waals surface area contributed by atoms with Gasteiger partial charge in [-0.25, -0.2) is 5.01 Å². The van der Waals surface area contributed by atoms with Crippen LogP contribution in [0.1, 0.15) is 19.4 Å². The van der Waals surface area contributed by atoms with Crippen molar-refractivity contribution >= 4 is 39.5 Å². The molecule has 2 aromatic rings. The molecular weight excluding hydrogens is 412 g/mol. The van der Waals surface area contributed by atoms with Crippen LogP contribution in [-0.2, 0) is 9.59 Å². The van der Waals surface area contributed by atoms with Crippen LogP contribution >= 0.6 is 15.9 Å². The second-order valence-corrected chi connectivity index (χ2v) is 6.61. The fourth-order valence-electron chi connectivity index (χ4n) is 2.68. The van der Waals surface area contributed by atoms with Crippen LogP contribution in [0.25, 0.3) is 6.08 Å². The Kier molecular flexibility index (Phi) is 5.81. The molecule has 0 bridgehead atoms. The highest BCUT2D eigenvalue weighted by Crippen LogP contribution is 2.30. The van der Waals surface area contributed by atoms with Crippen molar-refractivity contribution < 1.29 is 19.1 Å². The number of carbonyl (C=O) groups is 2. The zero-order chi connectivity index (χ0) is 19.4. The van der Waals surface area contributed by atoms with Gasteiger partial charge in [-0.1, -0.05) is 28.1 Å². The van der Waals surface area contributed by atoms with E-state index in [0.717, 1.165) is 4.47 Å². The number of amides is 2. The number of benzene rings is 2. The summed E-state index contributed by atoms with van der Waals surface area (Å²) in [5.41, 5.74) is 3.90. The van der Waals surface area contributed by atoms with Crippen LogP contribution < -0.4 is 19.9 Å². The molecular formula is C20H19BrN2O4. The van der Waals surface area contributed by atoms with Gasteiger partial charge in [-0.15, -0.1) is 0 Å². The van der Waals surface area contributed by atoms with Gasteiger partial charge in [0.15, 0.2) is 11.5 Å². The number of hydrazine groups is 1. The van der Waals surface area contributed by atoms with Crippen molar-refractivity contribution in [3.05, 3.63) is 58.1 Å². The molecule has 140 valence electrons. The molecule has 27 heavy (non-hydrogen) atoms. The minimum atomic E-state index is -0.452.